The lowest BCUT2D eigenvalue weighted by Gasteiger charge is -2.13. The Balaban J connectivity index is 2.17. The zero-order chi connectivity index (χ0) is 11.7. The van der Waals surface area contributed by atoms with Crippen molar-refractivity contribution in [3.8, 4) is 0 Å². The molecule has 1 heterocycles. The van der Waals surface area contributed by atoms with Gasteiger partial charge in [0.1, 0.15) is 0 Å². The summed E-state index contributed by atoms with van der Waals surface area (Å²) in [4.78, 5) is 24.0. The van der Waals surface area contributed by atoms with Gasteiger partial charge in [-0.05, 0) is 33.6 Å². The number of hydrogen-bond acceptors (Lipinski definition) is 4. The second-order valence-electron chi connectivity index (χ2n) is 3.39. The van der Waals surface area contributed by atoms with Crippen molar-refractivity contribution in [2.24, 2.45) is 0 Å². The van der Waals surface area contributed by atoms with E-state index in [9.17, 15) is 9.59 Å². The molecule has 1 aliphatic heterocycles. The summed E-state index contributed by atoms with van der Waals surface area (Å²) in [5.74, 6) is 0.0988. The third-order valence-corrected chi connectivity index (χ3v) is 3.82. The molecule has 0 saturated carbocycles. The normalized spacial score (nSPS) is 15.9. The van der Waals surface area contributed by atoms with E-state index < -0.39 is 0 Å². The molecule has 0 spiro atoms. The van der Waals surface area contributed by atoms with Gasteiger partial charge in [0.25, 0.3) is 5.24 Å². The van der Waals surface area contributed by atoms with Crippen molar-refractivity contribution in [3.63, 3.8) is 0 Å². The summed E-state index contributed by atoms with van der Waals surface area (Å²) in [7, 11) is 0. The molecule has 2 amide bonds. The average molecular weight is 301 g/mol. The molecular weight excluding hydrogens is 292 g/mol. The molecule has 0 bridgehead atoms. The topological polar surface area (TPSA) is 63.4 Å². The fourth-order valence-electron chi connectivity index (χ4n) is 1.41. The molecule has 16 heavy (non-hydrogen) atoms. The van der Waals surface area contributed by atoms with Crippen LogP contribution in [0.1, 0.15) is 5.56 Å². The molecule has 1 aromatic carbocycles. The van der Waals surface area contributed by atoms with Gasteiger partial charge in [0.15, 0.2) is 0 Å². The Kier molecular flexibility index (Phi) is 3.20. The van der Waals surface area contributed by atoms with Crippen molar-refractivity contribution >= 4 is 44.5 Å². The van der Waals surface area contributed by atoms with Crippen LogP contribution >= 0.6 is 27.7 Å². The molecule has 0 unspecified atom stereocenters. The Morgan fingerprint density at radius 2 is 2.19 bits per heavy atom. The van der Waals surface area contributed by atoms with E-state index in [1.807, 2.05) is 12.1 Å². The van der Waals surface area contributed by atoms with Gasteiger partial charge in [-0.25, -0.2) is 0 Å². The Bertz CT molecular complexity index is 448. The lowest BCUT2D eigenvalue weighted by Crippen LogP contribution is -2.27. The van der Waals surface area contributed by atoms with Crippen molar-refractivity contribution in [3.05, 3.63) is 28.2 Å². The van der Waals surface area contributed by atoms with E-state index in [0.29, 0.717) is 12.2 Å². The van der Waals surface area contributed by atoms with Gasteiger partial charge in [-0.3, -0.25) is 14.5 Å². The van der Waals surface area contributed by atoms with Crippen molar-refractivity contribution < 1.29 is 9.59 Å². The molecule has 2 rings (SSSR count). The maximum absolute atomic E-state index is 11.4. The van der Waals surface area contributed by atoms with E-state index in [-0.39, 0.29) is 16.9 Å². The highest BCUT2D eigenvalue weighted by Gasteiger charge is 2.29. The van der Waals surface area contributed by atoms with Crippen LogP contribution in [0.15, 0.2) is 22.7 Å². The SMILES string of the molecule is Nc1cc(CN2C(=O)CSC2=O)ccc1Br. The zero-order valence-corrected chi connectivity index (χ0v) is 10.7. The van der Waals surface area contributed by atoms with Crippen molar-refractivity contribution in [2.75, 3.05) is 11.5 Å². The summed E-state index contributed by atoms with van der Waals surface area (Å²) in [6.07, 6.45) is 0. The molecule has 2 N–H and O–H groups in total. The molecule has 1 aliphatic rings. The molecule has 84 valence electrons. The van der Waals surface area contributed by atoms with Gasteiger partial charge >= 0.3 is 0 Å². The van der Waals surface area contributed by atoms with E-state index in [4.69, 9.17) is 5.73 Å². The van der Waals surface area contributed by atoms with Crippen LogP contribution in [-0.2, 0) is 11.3 Å². The van der Waals surface area contributed by atoms with Crippen LogP contribution in [0.4, 0.5) is 10.5 Å². The predicted molar refractivity (Wildman–Crippen MR) is 67.0 cm³/mol. The minimum absolute atomic E-state index is 0.142. The summed E-state index contributed by atoms with van der Waals surface area (Å²) < 4.78 is 0.810. The first-order valence-electron chi connectivity index (χ1n) is 4.59. The predicted octanol–water partition coefficient (Wildman–Crippen LogP) is 2.23. The highest BCUT2D eigenvalue weighted by molar-refractivity contribution is 9.10. The van der Waals surface area contributed by atoms with Crippen molar-refractivity contribution in [2.45, 2.75) is 6.54 Å². The summed E-state index contributed by atoms with van der Waals surface area (Å²) in [6, 6.07) is 5.40. The van der Waals surface area contributed by atoms with Crippen LogP contribution < -0.4 is 5.73 Å². The molecule has 0 radical (unpaired) electrons. The third-order valence-electron chi connectivity index (χ3n) is 2.24. The minimum atomic E-state index is -0.188. The van der Waals surface area contributed by atoms with E-state index in [0.717, 1.165) is 21.8 Å². The summed E-state index contributed by atoms with van der Waals surface area (Å²) >= 11 is 4.33. The fourth-order valence-corrected chi connectivity index (χ4v) is 2.38. The number of nitrogens with zero attached hydrogens (tertiary/aromatic N) is 1. The van der Waals surface area contributed by atoms with Crippen LogP contribution in [-0.4, -0.2) is 21.8 Å². The first-order chi connectivity index (χ1) is 7.58. The number of rotatable bonds is 2. The molecule has 4 nitrogen and oxygen atoms in total. The highest BCUT2D eigenvalue weighted by Crippen LogP contribution is 2.24. The number of nitrogen functional groups attached to an aromatic ring is 1. The highest BCUT2D eigenvalue weighted by atomic mass is 79.9. The van der Waals surface area contributed by atoms with E-state index in [2.05, 4.69) is 15.9 Å². The quantitative estimate of drug-likeness (QED) is 0.851. The first kappa shape index (κ1) is 11.5. The number of carbonyl (C=O) groups is 2. The molecule has 1 saturated heterocycles. The molecule has 0 atom stereocenters. The lowest BCUT2D eigenvalue weighted by molar-refractivity contribution is -0.125. The maximum atomic E-state index is 11.4. The van der Waals surface area contributed by atoms with Gasteiger partial charge in [0, 0.05) is 10.2 Å². The third kappa shape index (κ3) is 2.22. The van der Waals surface area contributed by atoms with Gasteiger partial charge < -0.3 is 5.73 Å². The van der Waals surface area contributed by atoms with Crippen LogP contribution in [0, 0.1) is 0 Å². The molecule has 0 aliphatic carbocycles. The van der Waals surface area contributed by atoms with E-state index in [1.165, 1.54) is 4.90 Å². The molecule has 0 aromatic heterocycles. The largest absolute Gasteiger partial charge is 0.398 e. The number of anilines is 1. The smallest absolute Gasteiger partial charge is 0.289 e. The van der Waals surface area contributed by atoms with Crippen molar-refractivity contribution in [1.29, 1.82) is 0 Å². The molecule has 1 fully saturated rings. The first-order valence-corrected chi connectivity index (χ1v) is 6.37. The number of halogens is 1. The van der Waals surface area contributed by atoms with E-state index in [1.54, 1.807) is 6.07 Å². The second kappa shape index (κ2) is 4.47. The molecule has 6 heteroatoms. The standard InChI is InChI=1S/C10H9BrN2O2S/c11-7-2-1-6(3-8(7)12)4-13-9(14)5-16-10(13)15/h1-3H,4-5,12H2. The van der Waals surface area contributed by atoms with Gasteiger partial charge in [-0.1, -0.05) is 17.8 Å². The minimum Gasteiger partial charge on any atom is -0.398 e. The monoisotopic (exact) mass is 300 g/mol. The number of hydrogen-bond donors (Lipinski definition) is 1. The van der Waals surface area contributed by atoms with E-state index >= 15 is 0 Å². The van der Waals surface area contributed by atoms with Crippen LogP contribution in [0.2, 0.25) is 0 Å². The Morgan fingerprint density at radius 3 is 2.75 bits per heavy atom. The Labute approximate surface area is 105 Å². The second-order valence-corrected chi connectivity index (χ2v) is 5.17. The van der Waals surface area contributed by atoms with Gasteiger partial charge in [-0.15, -0.1) is 0 Å². The van der Waals surface area contributed by atoms with Gasteiger partial charge in [0.05, 0.1) is 12.3 Å². The van der Waals surface area contributed by atoms with Crippen LogP contribution in [0.5, 0.6) is 0 Å². The van der Waals surface area contributed by atoms with Crippen LogP contribution in [0.25, 0.3) is 0 Å². The van der Waals surface area contributed by atoms with Crippen LogP contribution in [0.3, 0.4) is 0 Å². The Hall–Kier alpha value is -1.01. The maximum Gasteiger partial charge on any atom is 0.289 e. The summed E-state index contributed by atoms with van der Waals surface area (Å²) in [5, 5.41) is -0.188. The number of benzene rings is 1. The summed E-state index contributed by atoms with van der Waals surface area (Å²) in [6.45, 7) is 0.294. The Morgan fingerprint density at radius 1 is 1.44 bits per heavy atom. The molecule has 1 aromatic rings. The zero-order valence-electron chi connectivity index (χ0n) is 8.27. The summed E-state index contributed by atoms with van der Waals surface area (Å²) in [5.41, 5.74) is 7.18. The fraction of sp³-hybridized carbons (Fsp3) is 0.200. The number of nitrogens with two attached hydrogens (primary N) is 1. The average Bonchev–Trinajstić information content (AvgIpc) is 2.55. The van der Waals surface area contributed by atoms with Crippen molar-refractivity contribution in [1.82, 2.24) is 4.90 Å². The number of carbonyl (C=O) groups excluding carboxylic acids is 2. The number of imide groups is 1. The lowest BCUT2D eigenvalue weighted by atomic mass is 10.2. The van der Waals surface area contributed by atoms with Gasteiger partial charge in [0.2, 0.25) is 5.91 Å². The number of thioether (sulfide) groups is 1. The number of amides is 2. The molecular formula is C10H9BrN2O2S. The van der Waals surface area contributed by atoms with Gasteiger partial charge in [-0.2, -0.15) is 0 Å².